The fourth-order valence-corrected chi connectivity index (χ4v) is 1.84. The van der Waals surface area contributed by atoms with Crippen LogP contribution in [0.4, 0.5) is 0 Å². The highest BCUT2D eigenvalue weighted by Crippen LogP contribution is 2.09. The molecule has 0 aliphatic rings. The normalized spacial score (nSPS) is 12.4. The minimum atomic E-state index is -1.41. The molecule has 0 rings (SSSR count). The first kappa shape index (κ1) is 15.0. The largest absolute Gasteiger partial charge is 0.359 e. The van der Waals surface area contributed by atoms with Crippen LogP contribution in [0.15, 0.2) is 0 Å². The molecule has 0 aromatic rings. The van der Waals surface area contributed by atoms with E-state index in [-0.39, 0.29) is 0 Å². The summed E-state index contributed by atoms with van der Waals surface area (Å²) in [5.74, 6) is 0. The summed E-state index contributed by atoms with van der Waals surface area (Å²) < 4.78 is 22.5. The summed E-state index contributed by atoms with van der Waals surface area (Å²) >= 11 is 0. The van der Waals surface area contributed by atoms with Crippen LogP contribution in [0.1, 0.15) is 0 Å². The van der Waals surface area contributed by atoms with Crippen LogP contribution < -0.4 is 0 Å². The summed E-state index contributed by atoms with van der Waals surface area (Å²) in [6, 6.07) is 0. The molecule has 0 aromatic carbocycles. The molecule has 6 heteroatoms. The third kappa shape index (κ3) is 7.89. The number of hydrogen-bond acceptors (Lipinski definition) is 5. The van der Waals surface area contributed by atoms with E-state index in [9.17, 15) is 0 Å². The highest BCUT2D eigenvalue weighted by Gasteiger charge is 2.23. The summed E-state index contributed by atoms with van der Waals surface area (Å²) in [7, 11) is 1.81. The highest BCUT2D eigenvalue weighted by molar-refractivity contribution is 6.73. The molecule has 0 atom stereocenters. The Morgan fingerprint density at radius 2 is 1.27 bits per heavy atom. The quantitative estimate of drug-likeness (QED) is 0.343. The molecular formula is C9H23NO4Si. The van der Waals surface area contributed by atoms with Crippen molar-refractivity contribution in [3.05, 3.63) is 0 Å². The second-order valence-electron chi connectivity index (χ2n) is 4.19. The zero-order chi connectivity index (χ0) is 11.7. The molecular weight excluding hydrogens is 214 g/mol. The Morgan fingerprint density at radius 3 is 1.53 bits per heavy atom. The predicted molar refractivity (Wildman–Crippen MR) is 60.8 cm³/mol. The molecule has 0 saturated heterocycles. The van der Waals surface area contributed by atoms with E-state index < -0.39 is 8.24 Å². The van der Waals surface area contributed by atoms with Gasteiger partial charge in [0.25, 0.3) is 0 Å². The molecule has 15 heavy (non-hydrogen) atoms. The molecule has 0 N–H and O–H groups in total. The SMILES string of the molecule is COCOCN(COCOC)[Si](C)(C)C. The van der Waals surface area contributed by atoms with Crippen molar-refractivity contribution in [1.82, 2.24) is 4.57 Å². The van der Waals surface area contributed by atoms with Gasteiger partial charge in [0, 0.05) is 14.2 Å². The molecule has 92 valence electrons. The van der Waals surface area contributed by atoms with E-state index in [0.29, 0.717) is 27.0 Å². The summed E-state index contributed by atoms with van der Waals surface area (Å²) in [6.07, 6.45) is 0. The van der Waals surface area contributed by atoms with Crippen LogP contribution in [0.25, 0.3) is 0 Å². The van der Waals surface area contributed by atoms with Gasteiger partial charge >= 0.3 is 0 Å². The lowest BCUT2D eigenvalue weighted by Gasteiger charge is -2.32. The third-order valence-corrected chi connectivity index (χ3v) is 4.00. The first-order valence-electron chi connectivity index (χ1n) is 4.90. The van der Waals surface area contributed by atoms with Crippen LogP contribution in [-0.4, -0.2) is 54.1 Å². The molecule has 5 nitrogen and oxygen atoms in total. The molecule has 0 aliphatic carbocycles. The molecule has 0 aromatic heterocycles. The molecule has 0 unspecified atom stereocenters. The van der Waals surface area contributed by atoms with Gasteiger partial charge in [-0.1, -0.05) is 19.6 Å². The number of rotatable bonds is 9. The maximum absolute atomic E-state index is 5.32. The topological polar surface area (TPSA) is 40.2 Å². The van der Waals surface area contributed by atoms with Gasteiger partial charge in [-0.15, -0.1) is 0 Å². The summed E-state index contributed by atoms with van der Waals surface area (Å²) in [5, 5.41) is 0. The number of ether oxygens (including phenoxy) is 4. The van der Waals surface area contributed by atoms with E-state index in [2.05, 4.69) is 24.2 Å². The maximum Gasteiger partial charge on any atom is 0.148 e. The molecule has 0 fully saturated rings. The van der Waals surface area contributed by atoms with Gasteiger partial charge in [-0.25, -0.2) is 0 Å². The van der Waals surface area contributed by atoms with Gasteiger partial charge < -0.3 is 18.9 Å². The lowest BCUT2D eigenvalue weighted by Crippen LogP contribution is -2.48. The number of methoxy groups -OCH3 is 2. The maximum atomic E-state index is 5.32. The van der Waals surface area contributed by atoms with Crippen molar-refractivity contribution in [3.63, 3.8) is 0 Å². The van der Waals surface area contributed by atoms with E-state index in [1.165, 1.54) is 0 Å². The van der Waals surface area contributed by atoms with Crippen molar-refractivity contribution < 1.29 is 18.9 Å². The first-order valence-corrected chi connectivity index (χ1v) is 8.35. The fourth-order valence-electron chi connectivity index (χ4n) is 0.886. The minimum absolute atomic E-state index is 0.311. The predicted octanol–water partition coefficient (Wildman–Crippen LogP) is 1.28. The standard InChI is InChI=1S/C9H23NO4Si/c1-11-8-13-6-10(15(3,4)5)7-14-9-12-2/h6-9H2,1-5H3. The Hall–Kier alpha value is 0.0169. The van der Waals surface area contributed by atoms with Gasteiger partial charge in [-0.05, 0) is 0 Å². The van der Waals surface area contributed by atoms with Crippen LogP contribution in [0.2, 0.25) is 19.6 Å². The Labute approximate surface area is 93.3 Å². The molecule has 0 spiro atoms. The van der Waals surface area contributed by atoms with Crippen LogP contribution in [0, 0.1) is 0 Å². The number of nitrogens with zero attached hydrogens (tertiary/aromatic N) is 1. The summed E-state index contributed by atoms with van der Waals surface area (Å²) in [6.45, 7) is 8.40. The lowest BCUT2D eigenvalue weighted by molar-refractivity contribution is -0.102. The smallest absolute Gasteiger partial charge is 0.148 e. The zero-order valence-corrected chi connectivity index (χ0v) is 11.4. The second kappa shape index (κ2) is 8.20. The average Bonchev–Trinajstić information content (AvgIpc) is 2.14. The minimum Gasteiger partial charge on any atom is -0.359 e. The van der Waals surface area contributed by atoms with E-state index in [1.54, 1.807) is 14.2 Å². The molecule has 0 amide bonds. The molecule has 0 radical (unpaired) electrons. The van der Waals surface area contributed by atoms with Crippen LogP contribution in [-0.2, 0) is 18.9 Å². The lowest BCUT2D eigenvalue weighted by atomic mass is 11.0. The van der Waals surface area contributed by atoms with Crippen LogP contribution in [0.3, 0.4) is 0 Å². The Kier molecular flexibility index (Phi) is 8.21. The Morgan fingerprint density at radius 1 is 0.867 bits per heavy atom. The van der Waals surface area contributed by atoms with Crippen LogP contribution in [0.5, 0.6) is 0 Å². The van der Waals surface area contributed by atoms with Gasteiger partial charge in [0.05, 0.1) is 13.5 Å². The van der Waals surface area contributed by atoms with E-state index in [1.807, 2.05) is 0 Å². The van der Waals surface area contributed by atoms with Gasteiger partial charge in [-0.2, -0.15) is 0 Å². The van der Waals surface area contributed by atoms with Crippen molar-refractivity contribution in [2.24, 2.45) is 0 Å². The highest BCUT2D eigenvalue weighted by atomic mass is 28.3. The summed E-state index contributed by atoms with van der Waals surface area (Å²) in [5.41, 5.74) is 0. The van der Waals surface area contributed by atoms with Gasteiger partial charge in [0.2, 0.25) is 0 Å². The van der Waals surface area contributed by atoms with Crippen molar-refractivity contribution in [2.45, 2.75) is 19.6 Å². The van der Waals surface area contributed by atoms with Gasteiger partial charge in [0.15, 0.2) is 0 Å². The monoisotopic (exact) mass is 237 g/mol. The van der Waals surface area contributed by atoms with E-state index in [4.69, 9.17) is 18.9 Å². The van der Waals surface area contributed by atoms with Crippen molar-refractivity contribution in [1.29, 1.82) is 0 Å². The molecule has 0 bridgehead atoms. The first-order chi connectivity index (χ1) is 7.02. The van der Waals surface area contributed by atoms with Crippen molar-refractivity contribution >= 4 is 8.24 Å². The third-order valence-electron chi connectivity index (χ3n) is 1.85. The average molecular weight is 237 g/mol. The Bertz CT molecular complexity index is 142. The molecule has 0 aliphatic heterocycles. The van der Waals surface area contributed by atoms with Gasteiger partial charge in [-0.3, -0.25) is 4.57 Å². The van der Waals surface area contributed by atoms with Crippen molar-refractivity contribution in [2.75, 3.05) is 41.3 Å². The Balaban J connectivity index is 3.85. The van der Waals surface area contributed by atoms with E-state index in [0.717, 1.165) is 0 Å². The fraction of sp³-hybridized carbons (Fsp3) is 1.00. The molecule has 0 heterocycles. The number of hydrogen-bond donors (Lipinski definition) is 0. The van der Waals surface area contributed by atoms with Crippen LogP contribution >= 0.6 is 0 Å². The second-order valence-corrected chi connectivity index (χ2v) is 9.16. The zero-order valence-electron chi connectivity index (χ0n) is 10.4. The van der Waals surface area contributed by atoms with Gasteiger partial charge in [0.1, 0.15) is 21.8 Å². The van der Waals surface area contributed by atoms with E-state index >= 15 is 0 Å². The molecule has 0 saturated carbocycles. The summed E-state index contributed by atoms with van der Waals surface area (Å²) in [4.78, 5) is 0. The van der Waals surface area contributed by atoms with Crippen molar-refractivity contribution in [3.8, 4) is 0 Å².